The molecule has 0 aliphatic heterocycles. The van der Waals surface area contributed by atoms with E-state index in [1.54, 1.807) is 0 Å². The zero-order valence-electron chi connectivity index (χ0n) is 9.59. The van der Waals surface area contributed by atoms with Crippen LogP contribution in [0.15, 0.2) is 0 Å². The lowest BCUT2D eigenvalue weighted by Crippen LogP contribution is -2.38. The molecule has 0 aromatic rings. The predicted octanol–water partition coefficient (Wildman–Crippen LogP) is 1.96. The number of carbonyl (C=O) groups is 1. The lowest BCUT2D eigenvalue weighted by molar-refractivity contribution is -0.153. The number of hydrogen-bond acceptors (Lipinski definition) is 2. The average molecular weight is 189 g/mol. The summed E-state index contributed by atoms with van der Waals surface area (Å²) in [5.41, 5.74) is 3.92. The first-order chi connectivity index (χ1) is 5.83. The minimum absolute atomic E-state index is 0.181. The van der Waals surface area contributed by atoms with Crippen LogP contribution in [0.25, 0.3) is 0 Å². The molecule has 0 saturated heterocycles. The van der Waals surface area contributed by atoms with E-state index in [4.69, 9.17) is 5.11 Å². The van der Waals surface area contributed by atoms with Crippen molar-refractivity contribution in [2.45, 2.75) is 34.6 Å². The number of carboxylic acids is 1. The first kappa shape index (κ1) is 14.9. The van der Waals surface area contributed by atoms with Gasteiger partial charge in [0.1, 0.15) is 0 Å². The molecule has 0 heterocycles. The maximum Gasteiger partial charge on any atom is 0.309 e. The van der Waals surface area contributed by atoms with Crippen molar-refractivity contribution in [2.24, 2.45) is 23.0 Å². The molecule has 0 amide bonds. The van der Waals surface area contributed by atoms with E-state index in [0.717, 1.165) is 0 Å². The summed E-state index contributed by atoms with van der Waals surface area (Å²) in [7, 11) is 1.50. The highest BCUT2D eigenvalue weighted by molar-refractivity contribution is 5.74. The Morgan fingerprint density at radius 1 is 1.15 bits per heavy atom. The highest BCUT2D eigenvalue weighted by Gasteiger charge is 2.39. The zero-order chi connectivity index (χ0) is 11.2. The van der Waals surface area contributed by atoms with Gasteiger partial charge in [0.25, 0.3) is 0 Å². The molecule has 3 heteroatoms. The molecule has 13 heavy (non-hydrogen) atoms. The highest BCUT2D eigenvalue weighted by atomic mass is 16.4. The van der Waals surface area contributed by atoms with Crippen LogP contribution in [0.2, 0.25) is 0 Å². The molecule has 0 rings (SSSR count). The molecule has 0 aliphatic rings. The Labute approximate surface area is 81.3 Å². The van der Waals surface area contributed by atoms with Crippen LogP contribution in [-0.4, -0.2) is 18.1 Å². The number of aliphatic carboxylic acids is 1. The quantitative estimate of drug-likeness (QED) is 0.713. The van der Waals surface area contributed by atoms with Crippen molar-refractivity contribution in [3.8, 4) is 0 Å². The summed E-state index contributed by atoms with van der Waals surface area (Å²) >= 11 is 0. The summed E-state index contributed by atoms with van der Waals surface area (Å²) in [4.78, 5) is 10.9. The smallest absolute Gasteiger partial charge is 0.309 e. The number of rotatable bonds is 3. The van der Waals surface area contributed by atoms with E-state index in [1.807, 2.05) is 34.6 Å². The third kappa shape index (κ3) is 3.35. The summed E-state index contributed by atoms with van der Waals surface area (Å²) in [6.07, 6.45) is 0. The van der Waals surface area contributed by atoms with Crippen LogP contribution < -0.4 is 5.73 Å². The molecule has 0 aliphatic carbocycles. The van der Waals surface area contributed by atoms with Gasteiger partial charge >= 0.3 is 5.97 Å². The van der Waals surface area contributed by atoms with Crippen molar-refractivity contribution in [1.29, 1.82) is 0 Å². The maximum absolute atomic E-state index is 10.9. The molecule has 0 saturated carbocycles. The first-order valence-electron chi connectivity index (χ1n) is 4.64. The highest BCUT2D eigenvalue weighted by Crippen LogP contribution is 2.35. The Bertz CT molecular complexity index is 145. The zero-order valence-corrected chi connectivity index (χ0v) is 9.59. The average Bonchev–Trinajstić information content (AvgIpc) is 2.05. The van der Waals surface area contributed by atoms with Gasteiger partial charge in [0.2, 0.25) is 0 Å². The van der Waals surface area contributed by atoms with E-state index in [1.165, 1.54) is 7.05 Å². The van der Waals surface area contributed by atoms with Crippen LogP contribution in [0.5, 0.6) is 0 Å². The van der Waals surface area contributed by atoms with Crippen molar-refractivity contribution < 1.29 is 9.90 Å². The van der Waals surface area contributed by atoms with E-state index in [0.29, 0.717) is 0 Å². The third-order valence-corrected chi connectivity index (χ3v) is 2.86. The number of carboxylic acid groups (broad SMARTS) is 1. The second-order valence-corrected chi connectivity index (χ2v) is 3.90. The second-order valence-electron chi connectivity index (χ2n) is 3.90. The topological polar surface area (TPSA) is 63.3 Å². The van der Waals surface area contributed by atoms with Crippen LogP contribution in [0.1, 0.15) is 34.6 Å². The van der Waals surface area contributed by atoms with Crippen LogP contribution in [0.4, 0.5) is 0 Å². The third-order valence-electron chi connectivity index (χ3n) is 2.86. The predicted molar refractivity (Wildman–Crippen MR) is 55.5 cm³/mol. The van der Waals surface area contributed by atoms with Gasteiger partial charge in [0.05, 0.1) is 5.41 Å². The van der Waals surface area contributed by atoms with E-state index in [9.17, 15) is 4.79 Å². The molecule has 0 bridgehead atoms. The van der Waals surface area contributed by atoms with Gasteiger partial charge in [0.15, 0.2) is 0 Å². The fraction of sp³-hybridized carbons (Fsp3) is 0.900. The Kier molecular flexibility index (Phi) is 6.86. The van der Waals surface area contributed by atoms with E-state index in [-0.39, 0.29) is 11.8 Å². The monoisotopic (exact) mass is 189 g/mol. The van der Waals surface area contributed by atoms with Crippen molar-refractivity contribution in [2.75, 3.05) is 7.05 Å². The fourth-order valence-electron chi connectivity index (χ4n) is 1.16. The lowest BCUT2D eigenvalue weighted by Gasteiger charge is -2.32. The van der Waals surface area contributed by atoms with E-state index < -0.39 is 11.4 Å². The summed E-state index contributed by atoms with van der Waals surface area (Å²) in [6.45, 7) is 9.62. The summed E-state index contributed by atoms with van der Waals surface area (Å²) in [5.74, 6) is -0.331. The standard InChI is InChI=1S/C9H18O2.CH5N/c1-6(2)9(5,7(3)4)8(10)11;1-2/h6-7H,1-5H3,(H,10,11);2H2,1H3. The molecule has 0 fully saturated rings. The van der Waals surface area contributed by atoms with Gasteiger partial charge in [-0.1, -0.05) is 27.7 Å². The fourth-order valence-corrected chi connectivity index (χ4v) is 1.16. The molecular weight excluding hydrogens is 166 g/mol. The summed E-state index contributed by atoms with van der Waals surface area (Å²) in [5, 5.41) is 8.97. The van der Waals surface area contributed by atoms with Crippen molar-refractivity contribution in [3.63, 3.8) is 0 Å². The van der Waals surface area contributed by atoms with E-state index in [2.05, 4.69) is 5.73 Å². The molecule has 0 aromatic carbocycles. The molecule has 0 atom stereocenters. The maximum atomic E-state index is 10.9. The van der Waals surface area contributed by atoms with Gasteiger partial charge in [-0.25, -0.2) is 0 Å². The molecular formula is C10H23NO2. The van der Waals surface area contributed by atoms with Crippen molar-refractivity contribution >= 4 is 5.97 Å². The molecule has 0 spiro atoms. The second kappa shape index (κ2) is 5.97. The Morgan fingerprint density at radius 2 is 1.38 bits per heavy atom. The number of hydrogen-bond donors (Lipinski definition) is 2. The van der Waals surface area contributed by atoms with Crippen molar-refractivity contribution in [3.05, 3.63) is 0 Å². The molecule has 0 aromatic heterocycles. The van der Waals surface area contributed by atoms with Crippen LogP contribution >= 0.6 is 0 Å². The Balaban J connectivity index is 0. The number of nitrogens with two attached hydrogens (primary N) is 1. The first-order valence-corrected chi connectivity index (χ1v) is 4.64. The molecule has 0 unspecified atom stereocenters. The molecule has 3 N–H and O–H groups in total. The minimum atomic E-state index is -0.692. The normalized spacial score (nSPS) is 11.2. The SMILES string of the molecule is CC(C)C(C)(C(=O)O)C(C)C.CN. The molecule has 80 valence electrons. The van der Waals surface area contributed by atoms with Crippen LogP contribution in [0.3, 0.4) is 0 Å². The Morgan fingerprint density at radius 3 is 1.38 bits per heavy atom. The van der Waals surface area contributed by atoms with Crippen LogP contribution in [-0.2, 0) is 4.79 Å². The lowest BCUT2D eigenvalue weighted by atomic mass is 9.71. The Hall–Kier alpha value is -0.570. The summed E-state index contributed by atoms with van der Waals surface area (Å²) < 4.78 is 0. The van der Waals surface area contributed by atoms with Gasteiger partial charge in [-0.15, -0.1) is 0 Å². The van der Waals surface area contributed by atoms with Crippen molar-refractivity contribution in [1.82, 2.24) is 0 Å². The van der Waals surface area contributed by atoms with Crippen LogP contribution in [0, 0.1) is 17.3 Å². The van der Waals surface area contributed by atoms with Gasteiger partial charge in [-0.3, -0.25) is 4.79 Å². The van der Waals surface area contributed by atoms with Gasteiger partial charge in [-0.2, -0.15) is 0 Å². The summed E-state index contributed by atoms with van der Waals surface area (Å²) in [6, 6.07) is 0. The minimum Gasteiger partial charge on any atom is -0.481 e. The molecule has 3 nitrogen and oxygen atoms in total. The van der Waals surface area contributed by atoms with Gasteiger partial charge in [0, 0.05) is 0 Å². The van der Waals surface area contributed by atoms with E-state index >= 15 is 0 Å². The van der Waals surface area contributed by atoms with Gasteiger partial charge in [-0.05, 0) is 25.8 Å². The molecule has 0 radical (unpaired) electrons. The largest absolute Gasteiger partial charge is 0.481 e. The van der Waals surface area contributed by atoms with Gasteiger partial charge < -0.3 is 10.8 Å².